The van der Waals surface area contributed by atoms with Crippen LogP contribution in [0.3, 0.4) is 0 Å². The molecule has 2 aromatic rings. The molecule has 0 aromatic heterocycles. The van der Waals surface area contributed by atoms with Crippen LogP contribution >= 0.6 is 11.6 Å². The molecule has 0 unspecified atom stereocenters. The van der Waals surface area contributed by atoms with Crippen molar-refractivity contribution in [3.8, 4) is 5.75 Å². The van der Waals surface area contributed by atoms with Gasteiger partial charge in [0, 0.05) is 10.7 Å². The average Bonchev–Trinajstić information content (AvgIpc) is 2.65. The molecule has 0 aliphatic carbocycles. The lowest BCUT2D eigenvalue weighted by Crippen LogP contribution is -2.22. The Bertz CT molecular complexity index is 962. The number of ether oxygens (including phenoxy) is 2. The third-order valence-corrected chi connectivity index (χ3v) is 5.07. The predicted octanol–water partition coefficient (Wildman–Crippen LogP) is 2.05. The van der Waals surface area contributed by atoms with Gasteiger partial charge in [0.1, 0.15) is 10.6 Å². The Morgan fingerprint density at radius 2 is 1.89 bits per heavy atom. The molecule has 144 valence electrons. The zero-order chi connectivity index (χ0) is 20.0. The third kappa shape index (κ3) is 5.43. The minimum Gasteiger partial charge on any atom is -0.495 e. The first-order valence-electron chi connectivity index (χ1n) is 7.61. The van der Waals surface area contributed by atoms with Gasteiger partial charge in [0.05, 0.1) is 12.7 Å². The molecule has 27 heavy (non-hydrogen) atoms. The second-order valence-electron chi connectivity index (χ2n) is 5.21. The number of nitrogens with one attached hydrogen (secondary N) is 2. The summed E-state index contributed by atoms with van der Waals surface area (Å²) in [5.74, 6) is -1.35. The molecule has 0 bridgehead atoms. The lowest BCUT2D eigenvalue weighted by molar-refractivity contribution is -0.119. The minimum absolute atomic E-state index is 0.0415. The smallest absolute Gasteiger partial charge is 0.338 e. The predicted molar refractivity (Wildman–Crippen MR) is 99.6 cm³/mol. The number of methoxy groups -OCH3 is 1. The number of benzene rings is 2. The van der Waals surface area contributed by atoms with Crippen molar-refractivity contribution in [3.63, 3.8) is 0 Å². The maximum Gasteiger partial charge on any atom is 0.338 e. The van der Waals surface area contributed by atoms with E-state index in [-0.39, 0.29) is 16.2 Å². The van der Waals surface area contributed by atoms with Gasteiger partial charge in [0.2, 0.25) is 10.0 Å². The molecule has 0 aliphatic heterocycles. The quantitative estimate of drug-likeness (QED) is 0.673. The Labute approximate surface area is 161 Å². The van der Waals surface area contributed by atoms with Gasteiger partial charge < -0.3 is 14.8 Å². The summed E-state index contributed by atoms with van der Waals surface area (Å²) in [4.78, 5) is 23.8. The Balaban J connectivity index is 2.07. The molecule has 0 fully saturated rings. The van der Waals surface area contributed by atoms with E-state index in [4.69, 9.17) is 21.1 Å². The van der Waals surface area contributed by atoms with Gasteiger partial charge in [-0.05, 0) is 43.4 Å². The number of amides is 1. The minimum atomic E-state index is -3.85. The number of carbonyl (C=O) groups is 2. The largest absolute Gasteiger partial charge is 0.495 e. The maximum atomic E-state index is 12.1. The van der Waals surface area contributed by atoms with Gasteiger partial charge in [-0.25, -0.2) is 17.9 Å². The molecule has 2 rings (SSSR count). The van der Waals surface area contributed by atoms with Crippen LogP contribution in [0.2, 0.25) is 5.02 Å². The summed E-state index contributed by atoms with van der Waals surface area (Å²) in [6, 6.07) is 10.3. The van der Waals surface area contributed by atoms with Crippen molar-refractivity contribution < 1.29 is 27.5 Å². The van der Waals surface area contributed by atoms with E-state index in [9.17, 15) is 18.0 Å². The molecule has 2 N–H and O–H groups in total. The average molecular weight is 413 g/mol. The number of anilines is 1. The van der Waals surface area contributed by atoms with Gasteiger partial charge in [-0.2, -0.15) is 0 Å². The Hall–Kier alpha value is -2.62. The molecule has 0 atom stereocenters. The molecule has 10 heteroatoms. The van der Waals surface area contributed by atoms with E-state index in [1.807, 2.05) is 0 Å². The molecule has 0 heterocycles. The number of esters is 1. The number of sulfonamides is 1. The highest BCUT2D eigenvalue weighted by Crippen LogP contribution is 2.25. The SMILES string of the molecule is CNS(=O)(=O)c1cc(C(=O)OCC(=O)Nc2cccc(Cl)c2)ccc1OC. The lowest BCUT2D eigenvalue weighted by Gasteiger charge is -2.11. The first-order chi connectivity index (χ1) is 12.8. The molecule has 2 aromatic carbocycles. The lowest BCUT2D eigenvalue weighted by atomic mass is 10.2. The highest BCUT2D eigenvalue weighted by molar-refractivity contribution is 7.89. The summed E-state index contributed by atoms with van der Waals surface area (Å²) in [5.41, 5.74) is 0.413. The van der Waals surface area contributed by atoms with Crippen LogP contribution in [-0.2, 0) is 19.6 Å². The van der Waals surface area contributed by atoms with Crippen molar-refractivity contribution in [2.75, 3.05) is 26.1 Å². The van der Waals surface area contributed by atoms with Crippen molar-refractivity contribution in [2.45, 2.75) is 4.90 Å². The molecule has 0 radical (unpaired) electrons. The molecule has 0 aliphatic rings. The van der Waals surface area contributed by atoms with Gasteiger partial charge in [0.25, 0.3) is 5.91 Å². The number of hydrogen-bond donors (Lipinski definition) is 2. The summed E-state index contributed by atoms with van der Waals surface area (Å²) in [7, 11) is -1.30. The van der Waals surface area contributed by atoms with Gasteiger partial charge in [-0.3, -0.25) is 4.79 Å². The van der Waals surface area contributed by atoms with Crippen molar-refractivity contribution >= 4 is 39.2 Å². The molecular formula is C17H17ClN2O6S. The number of hydrogen-bond acceptors (Lipinski definition) is 6. The standard InChI is InChI=1S/C17H17ClN2O6S/c1-19-27(23,24)15-8-11(6-7-14(15)25-2)17(22)26-10-16(21)20-13-5-3-4-12(18)9-13/h3-9,19H,10H2,1-2H3,(H,20,21). The van der Waals surface area contributed by atoms with Crippen LogP contribution in [0.5, 0.6) is 5.75 Å². The van der Waals surface area contributed by atoms with Gasteiger partial charge in [-0.1, -0.05) is 17.7 Å². The van der Waals surface area contributed by atoms with Gasteiger partial charge >= 0.3 is 5.97 Å². The maximum absolute atomic E-state index is 12.1. The summed E-state index contributed by atoms with van der Waals surface area (Å²) in [6.07, 6.45) is 0. The van der Waals surface area contributed by atoms with E-state index in [1.54, 1.807) is 24.3 Å². The molecule has 1 amide bonds. The number of carbonyl (C=O) groups excluding carboxylic acids is 2. The highest BCUT2D eigenvalue weighted by atomic mass is 35.5. The van der Waals surface area contributed by atoms with Crippen LogP contribution in [0.1, 0.15) is 10.4 Å². The number of rotatable bonds is 7. The van der Waals surface area contributed by atoms with Crippen LogP contribution in [0, 0.1) is 0 Å². The Kier molecular flexibility index (Phi) is 6.78. The topological polar surface area (TPSA) is 111 Å². The van der Waals surface area contributed by atoms with Crippen molar-refractivity contribution in [3.05, 3.63) is 53.1 Å². The van der Waals surface area contributed by atoms with Crippen LogP contribution in [0.15, 0.2) is 47.4 Å². The molecular weight excluding hydrogens is 396 g/mol. The first kappa shape index (κ1) is 20.7. The molecule has 0 saturated heterocycles. The summed E-state index contributed by atoms with van der Waals surface area (Å²) in [5, 5.41) is 2.97. The second-order valence-corrected chi connectivity index (χ2v) is 7.50. The van der Waals surface area contributed by atoms with E-state index < -0.39 is 28.5 Å². The van der Waals surface area contributed by atoms with E-state index in [2.05, 4.69) is 10.0 Å². The Morgan fingerprint density at radius 1 is 1.15 bits per heavy atom. The monoisotopic (exact) mass is 412 g/mol. The van der Waals surface area contributed by atoms with Crippen LogP contribution in [0.25, 0.3) is 0 Å². The summed E-state index contributed by atoms with van der Waals surface area (Å²) in [6.45, 7) is -0.550. The van der Waals surface area contributed by atoms with E-state index in [1.165, 1.54) is 26.3 Å². The van der Waals surface area contributed by atoms with Crippen LogP contribution in [-0.4, -0.2) is 41.1 Å². The van der Waals surface area contributed by atoms with E-state index >= 15 is 0 Å². The fraction of sp³-hybridized carbons (Fsp3) is 0.176. The zero-order valence-electron chi connectivity index (χ0n) is 14.5. The highest BCUT2D eigenvalue weighted by Gasteiger charge is 2.21. The van der Waals surface area contributed by atoms with Crippen LogP contribution in [0.4, 0.5) is 5.69 Å². The first-order valence-corrected chi connectivity index (χ1v) is 9.47. The molecule has 0 spiro atoms. The molecule has 8 nitrogen and oxygen atoms in total. The zero-order valence-corrected chi connectivity index (χ0v) is 16.1. The van der Waals surface area contributed by atoms with Gasteiger partial charge in [0.15, 0.2) is 6.61 Å². The van der Waals surface area contributed by atoms with E-state index in [0.29, 0.717) is 10.7 Å². The number of halogens is 1. The fourth-order valence-corrected chi connectivity index (χ4v) is 3.21. The third-order valence-electron chi connectivity index (χ3n) is 3.40. The normalized spacial score (nSPS) is 10.9. The van der Waals surface area contributed by atoms with Crippen molar-refractivity contribution in [1.29, 1.82) is 0 Å². The summed E-state index contributed by atoms with van der Waals surface area (Å²) >= 11 is 5.82. The van der Waals surface area contributed by atoms with Crippen molar-refractivity contribution in [2.24, 2.45) is 0 Å². The van der Waals surface area contributed by atoms with E-state index in [0.717, 1.165) is 6.07 Å². The summed E-state index contributed by atoms with van der Waals surface area (Å²) < 4.78 is 36.1. The Morgan fingerprint density at radius 3 is 2.52 bits per heavy atom. The second kappa shape index (κ2) is 8.85. The molecule has 0 saturated carbocycles. The fourth-order valence-electron chi connectivity index (χ4n) is 2.10. The van der Waals surface area contributed by atoms with Crippen molar-refractivity contribution in [1.82, 2.24) is 4.72 Å². The van der Waals surface area contributed by atoms with Gasteiger partial charge in [-0.15, -0.1) is 0 Å². The van der Waals surface area contributed by atoms with Crippen LogP contribution < -0.4 is 14.8 Å².